The number of carbonyl (C=O) groups excluding carboxylic acids is 4. The van der Waals surface area contributed by atoms with Gasteiger partial charge in [-0.2, -0.15) is 5.01 Å². The molecule has 3 fully saturated rings. The number of imide groups is 2. The number of phenols is 2. The number of hydrogen-bond acceptors (Lipinski definition) is 7. The van der Waals surface area contributed by atoms with Gasteiger partial charge in [0.05, 0.1) is 28.9 Å². The quantitative estimate of drug-likeness (QED) is 0.153. The number of carbonyl (C=O) groups is 4. The Hall–Kier alpha value is -5.41. The number of anilines is 1. The summed E-state index contributed by atoms with van der Waals surface area (Å²) in [7, 11) is 0. The summed E-state index contributed by atoms with van der Waals surface area (Å²) < 4.78 is 0. The van der Waals surface area contributed by atoms with Gasteiger partial charge in [0.15, 0.2) is 0 Å². The fourth-order valence-corrected chi connectivity index (χ4v) is 9.22. The summed E-state index contributed by atoms with van der Waals surface area (Å²) in [4.78, 5) is 59.5. The Morgan fingerprint density at radius 2 is 1.57 bits per heavy atom. The molecule has 1 saturated carbocycles. The molecule has 4 aromatic rings. The average molecular weight is 702 g/mol. The smallest absolute Gasteiger partial charge is 0.260 e. The van der Waals surface area contributed by atoms with Crippen LogP contribution in [0.5, 0.6) is 11.5 Å². The standard InChI is InChI=1S/C41H36ClN3O6/c1-23-7-12-27(13-8-23)43-45-38(49)33-22-31-29(16-17-30-35(31)39(50)44(37(30)48)20-19-24-9-14-28(46)15-10-24)36(32-21-26(42)11-18-34(32)47)41(33,40(45)51)25-5-3-2-4-6-25/h2-16,18,21,30-31,33,35-36,43,46-47H,17,19-20,22H2,1H3/t30-,31+,33-,35-,36+,41+/m0/s1. The number of benzene rings is 4. The minimum Gasteiger partial charge on any atom is -0.508 e. The van der Waals surface area contributed by atoms with Crippen LogP contribution in [0, 0.1) is 30.6 Å². The summed E-state index contributed by atoms with van der Waals surface area (Å²) in [5.74, 6) is -5.15. The van der Waals surface area contributed by atoms with E-state index in [4.69, 9.17) is 11.6 Å². The first kappa shape index (κ1) is 32.8. The molecule has 2 saturated heterocycles. The van der Waals surface area contributed by atoms with Gasteiger partial charge in [0.2, 0.25) is 11.8 Å². The van der Waals surface area contributed by atoms with Gasteiger partial charge in [-0.15, -0.1) is 0 Å². The Balaban J connectivity index is 1.26. The number of rotatable bonds is 7. The number of allylic oxidation sites excluding steroid dienone is 2. The predicted octanol–water partition coefficient (Wildman–Crippen LogP) is 6.29. The monoisotopic (exact) mass is 701 g/mol. The zero-order valence-electron chi connectivity index (χ0n) is 27.8. The van der Waals surface area contributed by atoms with Crippen molar-refractivity contribution in [1.82, 2.24) is 9.91 Å². The van der Waals surface area contributed by atoms with E-state index in [1.165, 1.54) is 11.0 Å². The Kier molecular flexibility index (Phi) is 7.98. The number of fused-ring (bicyclic) bond motifs is 4. The van der Waals surface area contributed by atoms with Crippen LogP contribution < -0.4 is 5.43 Å². The van der Waals surface area contributed by atoms with Gasteiger partial charge in [-0.1, -0.05) is 83.4 Å². The van der Waals surface area contributed by atoms with Crippen LogP contribution in [-0.2, 0) is 31.0 Å². The average Bonchev–Trinajstić information content (AvgIpc) is 3.50. The number of aromatic hydroxyl groups is 2. The summed E-state index contributed by atoms with van der Waals surface area (Å²) in [6.07, 6.45) is 2.81. The SMILES string of the molecule is Cc1ccc(NN2C(=O)[C@@H]3C[C@@H]4C(=CC[C@@H]5C(=O)N(CCc6ccc(O)cc6)C(=O)[C@@H]54)[C@H](c4cc(Cl)ccc4O)[C@]3(c3ccccc3)C2=O)cc1. The molecule has 51 heavy (non-hydrogen) atoms. The highest BCUT2D eigenvalue weighted by atomic mass is 35.5. The minimum atomic E-state index is -1.50. The van der Waals surface area contributed by atoms with Crippen molar-refractivity contribution in [2.45, 2.75) is 37.5 Å². The van der Waals surface area contributed by atoms with Crippen molar-refractivity contribution in [2.75, 3.05) is 12.0 Å². The van der Waals surface area contributed by atoms with E-state index in [9.17, 15) is 24.6 Å². The first-order valence-corrected chi connectivity index (χ1v) is 17.6. The van der Waals surface area contributed by atoms with Crippen LogP contribution in [0.15, 0.2) is 109 Å². The van der Waals surface area contributed by atoms with E-state index < -0.39 is 46.8 Å². The topological polar surface area (TPSA) is 127 Å². The first-order chi connectivity index (χ1) is 24.6. The third kappa shape index (κ3) is 5.13. The Labute approximate surface area is 300 Å². The lowest BCUT2D eigenvalue weighted by molar-refractivity contribution is -0.141. The molecule has 0 bridgehead atoms. The lowest BCUT2D eigenvalue weighted by atomic mass is 9.49. The number of phenolic OH excluding ortho intramolecular Hbond substituents is 2. The largest absolute Gasteiger partial charge is 0.508 e. The second-order valence-electron chi connectivity index (χ2n) is 14.0. The van der Waals surface area contributed by atoms with Crippen LogP contribution in [0.1, 0.15) is 41.0 Å². The van der Waals surface area contributed by atoms with Crippen molar-refractivity contribution in [1.29, 1.82) is 0 Å². The fraction of sp³-hybridized carbons (Fsp3) is 0.268. The molecule has 0 spiro atoms. The second kappa shape index (κ2) is 12.4. The van der Waals surface area contributed by atoms with Crippen LogP contribution in [0.25, 0.3) is 0 Å². The summed E-state index contributed by atoms with van der Waals surface area (Å²) in [5.41, 5.74) is 5.77. The maximum atomic E-state index is 15.2. The van der Waals surface area contributed by atoms with E-state index in [1.807, 2.05) is 55.5 Å². The third-order valence-electron chi connectivity index (χ3n) is 11.3. The second-order valence-corrected chi connectivity index (χ2v) is 14.5. The van der Waals surface area contributed by atoms with E-state index in [0.717, 1.165) is 21.7 Å². The predicted molar refractivity (Wildman–Crippen MR) is 190 cm³/mol. The van der Waals surface area contributed by atoms with Crippen molar-refractivity contribution in [3.63, 3.8) is 0 Å². The van der Waals surface area contributed by atoms with E-state index in [0.29, 0.717) is 28.3 Å². The van der Waals surface area contributed by atoms with Crippen molar-refractivity contribution in [3.8, 4) is 11.5 Å². The maximum Gasteiger partial charge on any atom is 0.260 e. The number of hydrogen-bond donors (Lipinski definition) is 3. The zero-order chi connectivity index (χ0) is 35.6. The lowest BCUT2D eigenvalue weighted by Gasteiger charge is -2.50. The molecular formula is C41H36ClN3O6. The van der Waals surface area contributed by atoms with Crippen LogP contribution in [-0.4, -0.2) is 50.3 Å². The normalized spacial score (nSPS) is 26.9. The molecule has 2 aliphatic heterocycles. The van der Waals surface area contributed by atoms with E-state index in [-0.39, 0.29) is 42.7 Å². The molecule has 0 aromatic heterocycles. The highest BCUT2D eigenvalue weighted by molar-refractivity contribution is 6.30. The highest BCUT2D eigenvalue weighted by Gasteiger charge is 2.70. The van der Waals surface area contributed by atoms with Crippen molar-refractivity contribution in [3.05, 3.63) is 136 Å². The van der Waals surface area contributed by atoms with Gasteiger partial charge in [-0.05, 0) is 85.7 Å². The molecule has 0 unspecified atom stereocenters. The molecule has 4 amide bonds. The number of nitrogens with one attached hydrogen (secondary N) is 1. The Morgan fingerprint density at radius 1 is 0.843 bits per heavy atom. The van der Waals surface area contributed by atoms with Crippen LogP contribution in [0.3, 0.4) is 0 Å². The summed E-state index contributed by atoms with van der Waals surface area (Å²) >= 11 is 6.58. The van der Waals surface area contributed by atoms with Crippen molar-refractivity contribution < 1.29 is 29.4 Å². The molecule has 4 aliphatic rings. The van der Waals surface area contributed by atoms with Crippen LogP contribution >= 0.6 is 11.6 Å². The first-order valence-electron chi connectivity index (χ1n) is 17.2. The molecule has 2 aliphatic carbocycles. The van der Waals surface area contributed by atoms with E-state index in [1.54, 1.807) is 48.5 Å². The van der Waals surface area contributed by atoms with Gasteiger partial charge in [-0.25, -0.2) is 0 Å². The minimum absolute atomic E-state index is 0.0864. The summed E-state index contributed by atoms with van der Waals surface area (Å²) in [6, 6.07) is 27.9. The Morgan fingerprint density at radius 3 is 2.29 bits per heavy atom. The van der Waals surface area contributed by atoms with Gasteiger partial charge in [-0.3, -0.25) is 29.5 Å². The highest BCUT2D eigenvalue weighted by Crippen LogP contribution is 2.65. The summed E-state index contributed by atoms with van der Waals surface area (Å²) in [5, 5.41) is 22.6. The zero-order valence-corrected chi connectivity index (χ0v) is 28.6. The number of likely N-dealkylation sites (tertiary alicyclic amines) is 1. The van der Waals surface area contributed by atoms with Crippen LogP contribution in [0.2, 0.25) is 5.02 Å². The fourth-order valence-electron chi connectivity index (χ4n) is 9.04. The molecule has 3 N–H and O–H groups in total. The number of nitrogens with zero attached hydrogens (tertiary/aromatic N) is 2. The third-order valence-corrected chi connectivity index (χ3v) is 11.6. The van der Waals surface area contributed by atoms with Gasteiger partial charge >= 0.3 is 0 Å². The van der Waals surface area contributed by atoms with E-state index >= 15 is 4.79 Å². The lowest BCUT2D eigenvalue weighted by Crippen LogP contribution is -2.53. The Bertz CT molecular complexity index is 2100. The van der Waals surface area contributed by atoms with Crippen LogP contribution in [0.4, 0.5) is 5.69 Å². The molecule has 258 valence electrons. The van der Waals surface area contributed by atoms with Crippen molar-refractivity contribution in [2.24, 2.45) is 23.7 Å². The van der Waals surface area contributed by atoms with E-state index in [2.05, 4.69) is 5.43 Å². The van der Waals surface area contributed by atoms with Gasteiger partial charge in [0.1, 0.15) is 11.5 Å². The van der Waals surface area contributed by atoms with Crippen molar-refractivity contribution >= 4 is 40.9 Å². The molecule has 9 nitrogen and oxygen atoms in total. The molecule has 4 aromatic carbocycles. The number of amides is 4. The molecule has 2 heterocycles. The molecular weight excluding hydrogens is 666 g/mol. The molecule has 6 atom stereocenters. The molecule has 8 rings (SSSR count). The maximum absolute atomic E-state index is 15.2. The van der Waals surface area contributed by atoms with Gasteiger partial charge in [0, 0.05) is 23.0 Å². The molecule has 10 heteroatoms. The van der Waals surface area contributed by atoms with Gasteiger partial charge < -0.3 is 10.2 Å². The van der Waals surface area contributed by atoms with Gasteiger partial charge in [0.25, 0.3) is 11.8 Å². The summed E-state index contributed by atoms with van der Waals surface area (Å²) in [6.45, 7) is 2.13. The molecule has 0 radical (unpaired) electrons. The number of halogens is 1. The number of hydrazine groups is 1. The number of aryl methyl sites for hydroxylation is 1.